The number of hydrogen-bond donors (Lipinski definition) is 3. The molecule has 0 saturated carbocycles. The number of nitrogens with zero attached hydrogens (tertiary/aromatic N) is 1. The van der Waals surface area contributed by atoms with E-state index in [1.165, 1.54) is 22.8 Å². The molecular weight excluding hydrogens is 325 g/mol. The van der Waals surface area contributed by atoms with E-state index in [1.807, 2.05) is 0 Å². The molecule has 2 aromatic heterocycles. The van der Waals surface area contributed by atoms with Gasteiger partial charge >= 0.3 is 0 Å². The van der Waals surface area contributed by atoms with Crippen LogP contribution in [0.5, 0.6) is 5.75 Å². The lowest BCUT2D eigenvalue weighted by molar-refractivity contribution is -0.121. The number of carbonyl (C=O) groups excluding carboxylic acids is 1. The van der Waals surface area contributed by atoms with E-state index in [9.17, 15) is 19.1 Å². The average molecular weight is 343 g/mol. The molecule has 1 aromatic carbocycles. The highest BCUT2D eigenvalue weighted by atomic mass is 19.1. The van der Waals surface area contributed by atoms with Crippen LogP contribution in [0, 0.1) is 12.7 Å². The molecule has 130 valence electrons. The van der Waals surface area contributed by atoms with Gasteiger partial charge in [0.05, 0.1) is 0 Å². The molecule has 25 heavy (non-hydrogen) atoms. The normalized spacial score (nSPS) is 11.0. The summed E-state index contributed by atoms with van der Waals surface area (Å²) in [7, 11) is 0. The number of aryl methyl sites for hydroxylation is 1. The second-order valence-corrected chi connectivity index (χ2v) is 5.88. The Balaban J connectivity index is 1.61. The van der Waals surface area contributed by atoms with Crippen LogP contribution in [0.3, 0.4) is 0 Å². The molecule has 0 unspecified atom stereocenters. The molecule has 1 amide bonds. The lowest BCUT2D eigenvalue weighted by Crippen LogP contribution is -2.34. The molecule has 0 bridgehead atoms. The quantitative estimate of drug-likeness (QED) is 0.661. The molecule has 3 rings (SSSR count). The van der Waals surface area contributed by atoms with Crippen molar-refractivity contribution in [2.24, 2.45) is 0 Å². The molecule has 0 spiro atoms. The van der Waals surface area contributed by atoms with Gasteiger partial charge in [-0.1, -0.05) is 0 Å². The summed E-state index contributed by atoms with van der Waals surface area (Å²) in [4.78, 5) is 26.9. The van der Waals surface area contributed by atoms with Crippen LogP contribution < -0.4 is 10.9 Å². The van der Waals surface area contributed by atoms with Crippen molar-refractivity contribution in [3.05, 3.63) is 64.0 Å². The van der Waals surface area contributed by atoms with Crippen molar-refractivity contribution in [3.63, 3.8) is 0 Å². The number of benzene rings is 1. The summed E-state index contributed by atoms with van der Waals surface area (Å²) in [6, 6.07) is 7.02. The third-order valence-electron chi connectivity index (χ3n) is 4.07. The molecule has 0 aliphatic carbocycles. The number of fused-ring (bicyclic) bond motifs is 1. The molecule has 3 N–H and O–H groups in total. The number of halogens is 1. The Morgan fingerprint density at radius 3 is 2.88 bits per heavy atom. The van der Waals surface area contributed by atoms with Crippen LogP contribution in [0.25, 0.3) is 10.9 Å². The van der Waals surface area contributed by atoms with Gasteiger partial charge in [0.2, 0.25) is 5.91 Å². The lowest BCUT2D eigenvalue weighted by Gasteiger charge is -2.10. The van der Waals surface area contributed by atoms with Gasteiger partial charge in [-0.15, -0.1) is 0 Å². The summed E-state index contributed by atoms with van der Waals surface area (Å²) in [5, 5.41) is 12.9. The van der Waals surface area contributed by atoms with Gasteiger partial charge in [-0.25, -0.2) is 4.39 Å². The predicted molar refractivity (Wildman–Crippen MR) is 92.1 cm³/mol. The molecule has 0 fully saturated rings. The Bertz CT molecular complexity index is 991. The fraction of sp³-hybridized carbons (Fsp3) is 0.222. The number of carbonyl (C=O) groups is 1. The Kier molecular flexibility index (Phi) is 4.56. The summed E-state index contributed by atoms with van der Waals surface area (Å²) >= 11 is 0. The Hall–Kier alpha value is -3.09. The highest BCUT2D eigenvalue weighted by molar-refractivity contribution is 5.83. The molecule has 6 nitrogen and oxygen atoms in total. The first-order valence-corrected chi connectivity index (χ1v) is 7.87. The fourth-order valence-electron chi connectivity index (χ4n) is 2.81. The second-order valence-electron chi connectivity index (χ2n) is 5.88. The molecule has 0 saturated heterocycles. The highest BCUT2D eigenvalue weighted by Gasteiger charge is 2.09. The van der Waals surface area contributed by atoms with Gasteiger partial charge in [0.15, 0.2) is 0 Å². The molecule has 7 heteroatoms. The maximum absolute atomic E-state index is 13.4. The average Bonchev–Trinajstić information content (AvgIpc) is 2.93. The summed E-state index contributed by atoms with van der Waals surface area (Å²) in [5.41, 5.74) is 1.83. The first-order valence-electron chi connectivity index (χ1n) is 7.87. The Morgan fingerprint density at radius 2 is 2.12 bits per heavy atom. The van der Waals surface area contributed by atoms with Crippen LogP contribution >= 0.6 is 0 Å². The number of rotatable bonds is 5. The summed E-state index contributed by atoms with van der Waals surface area (Å²) in [6.07, 6.45) is 2.34. The van der Waals surface area contributed by atoms with Crippen molar-refractivity contribution in [2.75, 3.05) is 6.54 Å². The number of aromatic amines is 1. The minimum Gasteiger partial charge on any atom is -0.508 e. The zero-order valence-electron chi connectivity index (χ0n) is 13.7. The minimum absolute atomic E-state index is 0.118. The van der Waals surface area contributed by atoms with Crippen molar-refractivity contribution >= 4 is 16.8 Å². The maximum Gasteiger partial charge on any atom is 0.254 e. The third kappa shape index (κ3) is 3.71. The van der Waals surface area contributed by atoms with Crippen LogP contribution in [-0.4, -0.2) is 27.1 Å². The van der Waals surface area contributed by atoms with Crippen molar-refractivity contribution in [3.8, 4) is 5.75 Å². The van der Waals surface area contributed by atoms with Gasteiger partial charge in [0, 0.05) is 35.4 Å². The van der Waals surface area contributed by atoms with Crippen molar-refractivity contribution < 1.29 is 14.3 Å². The number of hydrogen-bond acceptors (Lipinski definition) is 3. The first kappa shape index (κ1) is 16.8. The number of aromatic nitrogens is 2. The zero-order chi connectivity index (χ0) is 18.0. The van der Waals surface area contributed by atoms with Crippen molar-refractivity contribution in [2.45, 2.75) is 19.9 Å². The van der Waals surface area contributed by atoms with Gasteiger partial charge in [0.1, 0.15) is 18.1 Å². The fourth-order valence-corrected chi connectivity index (χ4v) is 2.81. The zero-order valence-corrected chi connectivity index (χ0v) is 13.7. The lowest BCUT2D eigenvalue weighted by atomic mass is 10.1. The monoisotopic (exact) mass is 343 g/mol. The molecule has 0 radical (unpaired) electrons. The van der Waals surface area contributed by atoms with Crippen LogP contribution in [-0.2, 0) is 17.8 Å². The summed E-state index contributed by atoms with van der Waals surface area (Å²) in [5.74, 6) is -0.729. The molecule has 3 aromatic rings. The highest BCUT2D eigenvalue weighted by Crippen LogP contribution is 2.19. The predicted octanol–water partition coefficient (Wildman–Crippen LogP) is 1.84. The number of amides is 1. The third-order valence-corrected chi connectivity index (χ3v) is 4.07. The van der Waals surface area contributed by atoms with E-state index in [1.54, 1.807) is 19.2 Å². The standard InChI is InChI=1S/C18H18FN3O3/c1-11-6-14(23)8-18(25)22(11)10-17(24)20-5-4-12-9-21-16-3-2-13(19)7-15(12)16/h2-3,6-9,21,23H,4-5,10H2,1H3,(H,20,24). The van der Waals surface area contributed by atoms with E-state index in [0.717, 1.165) is 22.5 Å². The maximum atomic E-state index is 13.4. The Morgan fingerprint density at radius 1 is 1.32 bits per heavy atom. The van der Waals surface area contributed by atoms with Crippen LogP contribution in [0.4, 0.5) is 4.39 Å². The molecular formula is C18H18FN3O3. The molecule has 0 atom stereocenters. The SMILES string of the molecule is Cc1cc(O)cc(=O)n1CC(=O)NCCc1c[nH]c2ccc(F)cc12. The van der Waals surface area contributed by atoms with E-state index < -0.39 is 5.56 Å². The van der Waals surface area contributed by atoms with E-state index >= 15 is 0 Å². The topological polar surface area (TPSA) is 87.1 Å². The molecule has 2 heterocycles. The largest absolute Gasteiger partial charge is 0.508 e. The van der Waals surface area contributed by atoms with Crippen LogP contribution in [0.2, 0.25) is 0 Å². The smallest absolute Gasteiger partial charge is 0.254 e. The summed E-state index contributed by atoms with van der Waals surface area (Å²) in [6.45, 7) is 1.90. The molecule has 0 aliphatic heterocycles. The Labute approximate surface area is 142 Å². The van der Waals surface area contributed by atoms with E-state index in [4.69, 9.17) is 0 Å². The summed E-state index contributed by atoms with van der Waals surface area (Å²) < 4.78 is 14.6. The number of nitrogens with one attached hydrogen (secondary N) is 2. The van der Waals surface area contributed by atoms with Gasteiger partial charge in [-0.05, 0) is 43.2 Å². The van der Waals surface area contributed by atoms with Gasteiger partial charge < -0.3 is 20.0 Å². The van der Waals surface area contributed by atoms with Gasteiger partial charge in [0.25, 0.3) is 5.56 Å². The number of aromatic hydroxyl groups is 1. The van der Waals surface area contributed by atoms with E-state index in [-0.39, 0.29) is 24.0 Å². The number of pyridine rings is 1. The molecule has 0 aliphatic rings. The number of H-pyrrole nitrogens is 1. The van der Waals surface area contributed by atoms with Crippen molar-refractivity contribution in [1.29, 1.82) is 0 Å². The first-order chi connectivity index (χ1) is 11.9. The van der Waals surface area contributed by atoms with Crippen LogP contribution in [0.1, 0.15) is 11.3 Å². The van der Waals surface area contributed by atoms with Crippen molar-refractivity contribution in [1.82, 2.24) is 14.9 Å². The van der Waals surface area contributed by atoms with Gasteiger partial charge in [-0.2, -0.15) is 0 Å². The minimum atomic E-state index is -0.431. The van der Waals surface area contributed by atoms with Gasteiger partial charge in [-0.3, -0.25) is 9.59 Å². The van der Waals surface area contributed by atoms with Crippen LogP contribution in [0.15, 0.2) is 41.3 Å². The van der Waals surface area contributed by atoms with E-state index in [2.05, 4.69) is 10.3 Å². The van der Waals surface area contributed by atoms with E-state index in [0.29, 0.717) is 18.7 Å². The second kappa shape index (κ2) is 6.80.